The zero-order valence-corrected chi connectivity index (χ0v) is 18.1. The van der Waals surface area contributed by atoms with Crippen LogP contribution < -0.4 is 9.47 Å². The van der Waals surface area contributed by atoms with Gasteiger partial charge in [-0.25, -0.2) is 0 Å². The molecule has 1 N–H and O–H groups in total. The van der Waals surface area contributed by atoms with Crippen LogP contribution in [0.5, 0.6) is 11.5 Å². The van der Waals surface area contributed by atoms with E-state index in [9.17, 15) is 18.0 Å². The Morgan fingerprint density at radius 2 is 1.42 bits per heavy atom. The summed E-state index contributed by atoms with van der Waals surface area (Å²) in [6, 6.07) is 17.8. The molecule has 4 nitrogen and oxygen atoms in total. The van der Waals surface area contributed by atoms with E-state index in [-0.39, 0.29) is 13.0 Å². The van der Waals surface area contributed by atoms with Gasteiger partial charge < -0.3 is 14.6 Å². The molecule has 0 aliphatic heterocycles. The summed E-state index contributed by atoms with van der Waals surface area (Å²) in [7, 11) is 0. The number of hydrogen-bond acceptors (Lipinski definition) is 4. The Morgan fingerprint density at radius 3 is 2.03 bits per heavy atom. The summed E-state index contributed by atoms with van der Waals surface area (Å²) in [5.74, 6) is 0.431. The third-order valence-corrected chi connectivity index (χ3v) is 5.98. The van der Waals surface area contributed by atoms with Gasteiger partial charge in [-0.1, -0.05) is 24.3 Å². The lowest BCUT2D eigenvalue weighted by atomic mass is 10.1. The Labute approximate surface area is 191 Å². The van der Waals surface area contributed by atoms with Gasteiger partial charge in [0.2, 0.25) is 0 Å². The van der Waals surface area contributed by atoms with E-state index in [1.54, 1.807) is 12.1 Å². The Kier molecular flexibility index (Phi) is 6.55. The lowest BCUT2D eigenvalue weighted by Crippen LogP contribution is -2.05. The molecule has 0 aliphatic rings. The van der Waals surface area contributed by atoms with Crippen LogP contribution in [0, 0.1) is 0 Å². The molecule has 0 spiro atoms. The van der Waals surface area contributed by atoms with E-state index in [0.29, 0.717) is 23.7 Å². The van der Waals surface area contributed by atoms with Gasteiger partial charge in [0.15, 0.2) is 0 Å². The van der Waals surface area contributed by atoms with Crippen molar-refractivity contribution in [1.82, 2.24) is 0 Å². The molecule has 0 aliphatic carbocycles. The van der Waals surface area contributed by atoms with Gasteiger partial charge >= 0.3 is 12.1 Å². The number of rotatable bonds is 8. The van der Waals surface area contributed by atoms with Crippen molar-refractivity contribution in [2.24, 2.45) is 0 Å². The summed E-state index contributed by atoms with van der Waals surface area (Å²) >= 11 is 1.48. The summed E-state index contributed by atoms with van der Waals surface area (Å²) < 4.78 is 50.4. The minimum absolute atomic E-state index is 0.00646. The maximum absolute atomic E-state index is 12.6. The third kappa shape index (κ3) is 5.84. The highest BCUT2D eigenvalue weighted by Crippen LogP contribution is 2.31. The van der Waals surface area contributed by atoms with Crippen LogP contribution in [-0.2, 0) is 30.6 Å². The molecular weight excluding hydrogens is 453 g/mol. The topological polar surface area (TPSA) is 55.8 Å². The zero-order valence-electron chi connectivity index (χ0n) is 17.3. The first kappa shape index (κ1) is 22.7. The molecule has 4 aromatic rings. The largest absolute Gasteiger partial charge is 0.489 e. The fourth-order valence-electron chi connectivity index (χ4n) is 3.26. The number of carboxylic acid groups (broad SMARTS) is 1. The molecule has 3 aromatic carbocycles. The van der Waals surface area contributed by atoms with Gasteiger partial charge in [0.1, 0.15) is 24.7 Å². The molecule has 0 amide bonds. The summed E-state index contributed by atoms with van der Waals surface area (Å²) in [5.41, 5.74) is 1.68. The molecule has 1 aromatic heterocycles. The third-order valence-electron chi connectivity index (χ3n) is 4.98. The first-order chi connectivity index (χ1) is 15.8. The average molecular weight is 472 g/mol. The number of aliphatic carboxylic acids is 1. The first-order valence-corrected chi connectivity index (χ1v) is 10.9. The molecule has 0 unspecified atom stereocenters. The predicted octanol–water partition coefficient (Wildman–Crippen LogP) is 6.71. The van der Waals surface area contributed by atoms with Gasteiger partial charge in [-0.3, -0.25) is 4.79 Å². The van der Waals surface area contributed by atoms with Crippen LogP contribution >= 0.6 is 11.3 Å². The Balaban J connectivity index is 1.31. The molecule has 0 bridgehead atoms. The number of ether oxygens (including phenoxy) is 2. The summed E-state index contributed by atoms with van der Waals surface area (Å²) in [6.07, 6.45) is -4.36. The number of alkyl halides is 3. The monoisotopic (exact) mass is 472 g/mol. The summed E-state index contributed by atoms with van der Waals surface area (Å²) in [6.45, 7) is 0.511. The van der Waals surface area contributed by atoms with Crippen molar-refractivity contribution >= 4 is 27.4 Å². The SMILES string of the molecule is O=C(O)Cc1csc2cc(OCc3ccc(OCc4ccc(C(F)(F)F)cc4)cc3)ccc12. The second-order valence-electron chi connectivity index (χ2n) is 7.41. The van der Waals surface area contributed by atoms with E-state index in [2.05, 4.69) is 0 Å². The number of carboxylic acids is 1. The minimum atomic E-state index is -4.35. The first-order valence-electron chi connectivity index (χ1n) is 10.0. The van der Waals surface area contributed by atoms with E-state index >= 15 is 0 Å². The molecule has 1 heterocycles. The number of benzene rings is 3. The van der Waals surface area contributed by atoms with Crippen LogP contribution in [-0.4, -0.2) is 11.1 Å². The highest BCUT2D eigenvalue weighted by Gasteiger charge is 2.29. The average Bonchev–Trinajstić information content (AvgIpc) is 3.18. The van der Waals surface area contributed by atoms with Gasteiger partial charge in [0.25, 0.3) is 0 Å². The number of fused-ring (bicyclic) bond motifs is 1. The van der Waals surface area contributed by atoms with Crippen molar-refractivity contribution in [3.63, 3.8) is 0 Å². The van der Waals surface area contributed by atoms with E-state index in [4.69, 9.17) is 14.6 Å². The van der Waals surface area contributed by atoms with Crippen LogP contribution in [0.25, 0.3) is 10.1 Å². The van der Waals surface area contributed by atoms with E-state index in [1.807, 2.05) is 35.7 Å². The second kappa shape index (κ2) is 9.54. The lowest BCUT2D eigenvalue weighted by Gasteiger charge is -2.10. The fourth-order valence-corrected chi connectivity index (χ4v) is 4.25. The van der Waals surface area contributed by atoms with Crippen molar-refractivity contribution in [2.45, 2.75) is 25.8 Å². The van der Waals surface area contributed by atoms with Crippen molar-refractivity contribution in [1.29, 1.82) is 0 Å². The number of halogens is 3. The molecule has 8 heteroatoms. The number of hydrogen-bond donors (Lipinski definition) is 1. The van der Waals surface area contributed by atoms with Crippen molar-refractivity contribution < 1.29 is 32.5 Å². The molecule has 0 atom stereocenters. The van der Waals surface area contributed by atoms with Gasteiger partial charge in [0.05, 0.1) is 12.0 Å². The Hall–Kier alpha value is -3.52. The summed E-state index contributed by atoms with van der Waals surface area (Å²) in [4.78, 5) is 11.0. The van der Waals surface area contributed by atoms with E-state index in [1.165, 1.54) is 23.5 Å². The van der Waals surface area contributed by atoms with Crippen molar-refractivity contribution in [3.05, 3.63) is 94.4 Å². The van der Waals surface area contributed by atoms with Crippen LogP contribution in [0.15, 0.2) is 72.1 Å². The maximum atomic E-state index is 12.6. The van der Waals surface area contributed by atoms with Crippen LogP contribution in [0.3, 0.4) is 0 Å². The van der Waals surface area contributed by atoms with Crippen LogP contribution in [0.1, 0.15) is 22.3 Å². The van der Waals surface area contributed by atoms with Gasteiger partial charge in [0, 0.05) is 4.70 Å². The highest BCUT2D eigenvalue weighted by molar-refractivity contribution is 7.17. The molecule has 4 rings (SSSR count). The van der Waals surface area contributed by atoms with Crippen molar-refractivity contribution in [3.8, 4) is 11.5 Å². The Morgan fingerprint density at radius 1 is 0.848 bits per heavy atom. The quantitative estimate of drug-likeness (QED) is 0.310. The Bertz CT molecular complexity index is 1250. The number of thiophene rings is 1. The second-order valence-corrected chi connectivity index (χ2v) is 8.32. The van der Waals surface area contributed by atoms with E-state index < -0.39 is 17.7 Å². The molecule has 0 fully saturated rings. The maximum Gasteiger partial charge on any atom is 0.416 e. The van der Waals surface area contributed by atoms with Crippen molar-refractivity contribution in [2.75, 3.05) is 0 Å². The predicted molar refractivity (Wildman–Crippen MR) is 120 cm³/mol. The highest BCUT2D eigenvalue weighted by atomic mass is 32.1. The van der Waals surface area contributed by atoms with E-state index in [0.717, 1.165) is 33.3 Å². The summed E-state index contributed by atoms with van der Waals surface area (Å²) in [5, 5.41) is 11.8. The standard InChI is InChI=1S/C25H19F3O4S/c26-25(27,28)19-5-1-16(2-6-19)13-31-20-7-3-17(4-8-20)14-32-21-9-10-22-18(11-24(29)30)15-33-23(22)12-21/h1-10,12,15H,11,13-14H2,(H,29,30). The van der Waals surface area contributed by atoms with Crippen LogP contribution in [0.4, 0.5) is 13.2 Å². The molecule has 33 heavy (non-hydrogen) atoms. The zero-order chi connectivity index (χ0) is 23.4. The molecule has 0 saturated carbocycles. The minimum Gasteiger partial charge on any atom is -0.489 e. The fraction of sp³-hybridized carbons (Fsp3) is 0.160. The van der Waals surface area contributed by atoms with Crippen LogP contribution in [0.2, 0.25) is 0 Å². The number of carbonyl (C=O) groups is 1. The smallest absolute Gasteiger partial charge is 0.416 e. The molecular formula is C25H19F3O4S. The van der Waals surface area contributed by atoms with Gasteiger partial charge in [-0.05, 0) is 69.9 Å². The van der Waals surface area contributed by atoms with Gasteiger partial charge in [-0.2, -0.15) is 13.2 Å². The molecule has 170 valence electrons. The normalized spacial score (nSPS) is 11.5. The lowest BCUT2D eigenvalue weighted by molar-refractivity contribution is -0.138. The molecule has 0 radical (unpaired) electrons. The van der Waals surface area contributed by atoms with Gasteiger partial charge in [-0.15, -0.1) is 11.3 Å². The molecule has 0 saturated heterocycles.